The Morgan fingerprint density at radius 3 is 2.21 bits per heavy atom. The van der Waals surface area contributed by atoms with Gasteiger partial charge < -0.3 is 0 Å². The van der Waals surface area contributed by atoms with Crippen LogP contribution in [0.2, 0.25) is 14.4 Å². The molecule has 72 valence electrons. The maximum absolute atomic E-state index is 5.91. The van der Waals surface area contributed by atoms with E-state index in [-0.39, 0.29) is 0 Å². The van der Waals surface area contributed by atoms with Crippen molar-refractivity contribution in [2.24, 2.45) is 0 Å². The highest BCUT2D eigenvalue weighted by Gasteiger charge is 2.04. The van der Waals surface area contributed by atoms with Crippen LogP contribution >= 0.6 is 46.1 Å². The second kappa shape index (κ2) is 4.11. The molecular weight excluding hydrogens is 259 g/mol. The van der Waals surface area contributed by atoms with Crippen molar-refractivity contribution in [3.05, 3.63) is 44.7 Å². The standard InChI is InChI=1S/C10H5Cl3S/c11-7-2-1-6(5-8(7)12)9-3-4-10(13)14-9/h1-5H. The maximum Gasteiger partial charge on any atom is 0.0934 e. The van der Waals surface area contributed by atoms with Crippen LogP contribution < -0.4 is 0 Å². The lowest BCUT2D eigenvalue weighted by atomic mass is 10.2. The van der Waals surface area contributed by atoms with Crippen LogP contribution in [-0.4, -0.2) is 0 Å². The van der Waals surface area contributed by atoms with Gasteiger partial charge >= 0.3 is 0 Å². The summed E-state index contributed by atoms with van der Waals surface area (Å²) in [5.74, 6) is 0. The average molecular weight is 264 g/mol. The van der Waals surface area contributed by atoms with Gasteiger partial charge in [0.15, 0.2) is 0 Å². The van der Waals surface area contributed by atoms with Crippen LogP contribution in [0.1, 0.15) is 0 Å². The summed E-state index contributed by atoms with van der Waals surface area (Å²) in [6, 6.07) is 9.38. The Bertz CT molecular complexity index is 462. The Hall–Kier alpha value is -0.210. The fourth-order valence-corrected chi connectivity index (χ4v) is 2.46. The van der Waals surface area contributed by atoms with Gasteiger partial charge in [0.2, 0.25) is 0 Å². The molecule has 0 amide bonds. The summed E-state index contributed by atoms with van der Waals surface area (Å²) in [6.07, 6.45) is 0. The van der Waals surface area contributed by atoms with E-state index < -0.39 is 0 Å². The van der Waals surface area contributed by atoms with E-state index >= 15 is 0 Å². The van der Waals surface area contributed by atoms with Gasteiger partial charge in [-0.25, -0.2) is 0 Å². The molecule has 1 heterocycles. The van der Waals surface area contributed by atoms with E-state index in [0.29, 0.717) is 10.0 Å². The minimum absolute atomic E-state index is 0.564. The molecule has 0 saturated carbocycles. The number of benzene rings is 1. The quantitative estimate of drug-likeness (QED) is 0.648. The summed E-state index contributed by atoms with van der Waals surface area (Å²) in [7, 11) is 0. The second-order valence-electron chi connectivity index (χ2n) is 2.73. The van der Waals surface area contributed by atoms with Crippen molar-refractivity contribution in [2.75, 3.05) is 0 Å². The van der Waals surface area contributed by atoms with Crippen molar-refractivity contribution < 1.29 is 0 Å². The highest BCUT2D eigenvalue weighted by atomic mass is 35.5. The third-order valence-corrected chi connectivity index (χ3v) is 3.80. The largest absolute Gasteiger partial charge is 0.123 e. The molecule has 2 aromatic rings. The highest BCUT2D eigenvalue weighted by molar-refractivity contribution is 7.19. The zero-order valence-corrected chi connectivity index (χ0v) is 10.0. The van der Waals surface area contributed by atoms with Crippen molar-refractivity contribution in [1.29, 1.82) is 0 Å². The average Bonchev–Trinajstić information content (AvgIpc) is 2.57. The molecule has 0 bridgehead atoms. The van der Waals surface area contributed by atoms with E-state index in [0.717, 1.165) is 14.8 Å². The van der Waals surface area contributed by atoms with Gasteiger partial charge in [0.05, 0.1) is 14.4 Å². The molecule has 0 fully saturated rings. The second-order valence-corrected chi connectivity index (χ2v) is 5.26. The summed E-state index contributed by atoms with van der Waals surface area (Å²) in [5.41, 5.74) is 1.04. The summed E-state index contributed by atoms with van der Waals surface area (Å²) in [6.45, 7) is 0. The fraction of sp³-hybridized carbons (Fsp3) is 0. The van der Waals surface area contributed by atoms with Gasteiger partial charge in [-0.2, -0.15) is 0 Å². The first-order chi connectivity index (χ1) is 6.66. The zero-order valence-electron chi connectivity index (χ0n) is 6.93. The first-order valence-corrected chi connectivity index (χ1v) is 5.82. The van der Waals surface area contributed by atoms with Gasteiger partial charge in [-0.1, -0.05) is 40.9 Å². The first-order valence-electron chi connectivity index (χ1n) is 3.87. The number of thiophene rings is 1. The lowest BCUT2D eigenvalue weighted by molar-refractivity contribution is 1.69. The Morgan fingerprint density at radius 1 is 0.857 bits per heavy atom. The molecule has 0 atom stereocenters. The topological polar surface area (TPSA) is 0 Å². The first kappa shape index (κ1) is 10.3. The molecule has 1 aromatic heterocycles. The molecule has 0 aliphatic heterocycles. The number of hydrogen-bond acceptors (Lipinski definition) is 1. The van der Waals surface area contributed by atoms with Crippen molar-refractivity contribution in [3.63, 3.8) is 0 Å². The third kappa shape index (κ3) is 2.06. The molecule has 0 saturated heterocycles. The predicted octanol–water partition coefficient (Wildman–Crippen LogP) is 5.38. The molecule has 14 heavy (non-hydrogen) atoms. The molecule has 0 aliphatic carbocycles. The minimum atomic E-state index is 0.564. The van der Waals surface area contributed by atoms with Crippen LogP contribution in [0.3, 0.4) is 0 Å². The van der Waals surface area contributed by atoms with E-state index in [1.54, 1.807) is 6.07 Å². The molecule has 4 heteroatoms. The van der Waals surface area contributed by atoms with Gasteiger partial charge in [0.1, 0.15) is 0 Å². The molecule has 0 N–H and O–H groups in total. The van der Waals surface area contributed by atoms with Crippen LogP contribution in [0.25, 0.3) is 10.4 Å². The van der Waals surface area contributed by atoms with Gasteiger partial charge in [-0.05, 0) is 29.8 Å². The van der Waals surface area contributed by atoms with Crippen LogP contribution in [0, 0.1) is 0 Å². The number of rotatable bonds is 1. The van der Waals surface area contributed by atoms with Crippen LogP contribution in [0.15, 0.2) is 30.3 Å². The Morgan fingerprint density at radius 2 is 1.64 bits per heavy atom. The number of halogens is 3. The maximum atomic E-state index is 5.91. The fourth-order valence-electron chi connectivity index (χ4n) is 1.12. The van der Waals surface area contributed by atoms with Crippen LogP contribution in [0.5, 0.6) is 0 Å². The monoisotopic (exact) mass is 262 g/mol. The lowest BCUT2D eigenvalue weighted by Crippen LogP contribution is -1.73. The number of hydrogen-bond donors (Lipinski definition) is 0. The molecule has 2 rings (SSSR count). The Kier molecular flexibility index (Phi) is 3.03. The SMILES string of the molecule is Clc1ccc(-c2ccc(Cl)c(Cl)c2)s1. The normalized spacial score (nSPS) is 10.5. The van der Waals surface area contributed by atoms with Crippen molar-refractivity contribution in [2.45, 2.75) is 0 Å². The molecule has 0 nitrogen and oxygen atoms in total. The summed E-state index contributed by atoms with van der Waals surface area (Å²) in [5, 5.41) is 1.13. The van der Waals surface area contributed by atoms with Crippen LogP contribution in [0.4, 0.5) is 0 Å². The molecule has 0 unspecified atom stereocenters. The van der Waals surface area contributed by atoms with E-state index in [9.17, 15) is 0 Å². The highest BCUT2D eigenvalue weighted by Crippen LogP contribution is 2.34. The van der Waals surface area contributed by atoms with Gasteiger partial charge in [-0.3, -0.25) is 0 Å². The van der Waals surface area contributed by atoms with E-state index in [4.69, 9.17) is 34.8 Å². The minimum Gasteiger partial charge on any atom is -0.123 e. The summed E-state index contributed by atoms with van der Waals surface area (Å²) >= 11 is 19.1. The van der Waals surface area contributed by atoms with E-state index in [2.05, 4.69) is 0 Å². The summed E-state index contributed by atoms with van der Waals surface area (Å²) < 4.78 is 0.770. The molecule has 1 aromatic carbocycles. The molecule has 0 aliphatic rings. The van der Waals surface area contributed by atoms with Gasteiger partial charge in [0.25, 0.3) is 0 Å². The van der Waals surface area contributed by atoms with Gasteiger partial charge in [-0.15, -0.1) is 11.3 Å². The molecular formula is C10H5Cl3S. The molecule has 0 spiro atoms. The predicted molar refractivity (Wildman–Crippen MR) is 64.8 cm³/mol. The lowest BCUT2D eigenvalue weighted by Gasteiger charge is -1.99. The van der Waals surface area contributed by atoms with Crippen molar-refractivity contribution >= 4 is 46.1 Å². The third-order valence-electron chi connectivity index (χ3n) is 1.78. The van der Waals surface area contributed by atoms with Gasteiger partial charge in [0, 0.05) is 4.88 Å². The Balaban J connectivity index is 2.47. The smallest absolute Gasteiger partial charge is 0.0934 e. The van der Waals surface area contributed by atoms with E-state index in [1.165, 1.54) is 11.3 Å². The molecule has 0 radical (unpaired) electrons. The zero-order chi connectivity index (χ0) is 10.1. The van der Waals surface area contributed by atoms with Crippen molar-refractivity contribution in [1.82, 2.24) is 0 Å². The summed E-state index contributed by atoms with van der Waals surface area (Å²) in [4.78, 5) is 1.09. The van der Waals surface area contributed by atoms with Crippen LogP contribution in [-0.2, 0) is 0 Å². The van der Waals surface area contributed by atoms with E-state index in [1.807, 2.05) is 24.3 Å². The Labute approximate surface area is 101 Å². The van der Waals surface area contributed by atoms with Crippen molar-refractivity contribution in [3.8, 4) is 10.4 Å².